The summed E-state index contributed by atoms with van der Waals surface area (Å²) >= 11 is 0. The van der Waals surface area contributed by atoms with Gasteiger partial charge in [-0.3, -0.25) is 0 Å². The highest BCUT2D eigenvalue weighted by atomic mass is 127. The van der Waals surface area contributed by atoms with Gasteiger partial charge in [0.05, 0.1) is 24.7 Å². The molecule has 1 aliphatic heterocycles. The molecule has 0 bridgehead atoms. The number of rotatable bonds is 5. The SMILES string of the molecule is CCOc1ccc2c(c1)C(C)(C)C(/C=C/c1ccc(C(=O)OC)cc1)=[N+]2C.[I-]. The highest BCUT2D eigenvalue weighted by Crippen LogP contribution is 2.41. The molecule has 0 radical (unpaired) electrons. The van der Waals surface area contributed by atoms with Crippen molar-refractivity contribution in [2.24, 2.45) is 0 Å². The zero-order valence-corrected chi connectivity index (χ0v) is 19.1. The van der Waals surface area contributed by atoms with Crippen molar-refractivity contribution < 1.29 is 42.8 Å². The summed E-state index contributed by atoms with van der Waals surface area (Å²) in [5.74, 6) is 0.582. The molecule has 0 aliphatic carbocycles. The molecule has 5 heteroatoms. The zero-order chi connectivity index (χ0) is 19.6. The quantitative estimate of drug-likeness (QED) is 0.363. The number of carbonyl (C=O) groups is 1. The molecular weight excluding hydrogens is 465 g/mol. The second-order valence-corrected chi connectivity index (χ2v) is 7.13. The van der Waals surface area contributed by atoms with Crippen LogP contribution in [0.25, 0.3) is 6.08 Å². The molecule has 0 amide bonds. The van der Waals surface area contributed by atoms with Gasteiger partial charge in [-0.2, -0.15) is 4.58 Å². The molecule has 2 aromatic carbocycles. The van der Waals surface area contributed by atoms with E-state index in [0.29, 0.717) is 12.2 Å². The molecule has 0 fully saturated rings. The summed E-state index contributed by atoms with van der Waals surface area (Å²) in [4.78, 5) is 11.6. The van der Waals surface area contributed by atoms with Crippen molar-refractivity contribution in [2.75, 3.05) is 20.8 Å². The first kappa shape index (κ1) is 22.1. The van der Waals surface area contributed by atoms with Crippen molar-refractivity contribution in [3.05, 3.63) is 65.2 Å². The second kappa shape index (κ2) is 8.90. The van der Waals surface area contributed by atoms with E-state index in [1.165, 1.54) is 24.1 Å². The average Bonchev–Trinajstić information content (AvgIpc) is 2.86. The standard InChI is InChI=1S/C23H26NO3.HI/c1-6-27-18-12-13-20-19(15-18)23(2,3)21(24(20)4)14-9-16-7-10-17(11-8-16)22(25)26-5;/h7-15H,6H2,1-5H3;1H/q+1;/p-1/b14-9+;. The number of allylic oxidation sites excluding steroid dienone is 1. The Bertz CT molecular complexity index is 927. The summed E-state index contributed by atoms with van der Waals surface area (Å²) in [5, 5.41) is 0. The smallest absolute Gasteiger partial charge is 0.337 e. The number of carbonyl (C=O) groups excluding carboxylic acids is 1. The van der Waals surface area contributed by atoms with Crippen molar-refractivity contribution >= 4 is 23.4 Å². The molecule has 1 aliphatic rings. The fourth-order valence-electron chi connectivity index (χ4n) is 3.60. The minimum Gasteiger partial charge on any atom is -1.00 e. The molecule has 0 saturated carbocycles. The van der Waals surface area contributed by atoms with Crippen LogP contribution >= 0.6 is 0 Å². The molecule has 0 spiro atoms. The summed E-state index contributed by atoms with van der Waals surface area (Å²) < 4.78 is 12.7. The van der Waals surface area contributed by atoms with Crippen LogP contribution < -0.4 is 28.7 Å². The summed E-state index contributed by atoms with van der Waals surface area (Å²) in [5.41, 5.74) is 5.13. The van der Waals surface area contributed by atoms with E-state index in [0.717, 1.165) is 11.3 Å². The van der Waals surface area contributed by atoms with E-state index in [1.54, 1.807) is 12.1 Å². The van der Waals surface area contributed by atoms with Crippen LogP contribution in [0.2, 0.25) is 0 Å². The molecule has 0 atom stereocenters. The van der Waals surface area contributed by atoms with Gasteiger partial charge in [0.2, 0.25) is 5.69 Å². The molecule has 148 valence electrons. The summed E-state index contributed by atoms with van der Waals surface area (Å²) in [6.45, 7) is 7.11. The van der Waals surface area contributed by atoms with Gasteiger partial charge in [0, 0.05) is 17.7 Å². The summed E-state index contributed by atoms with van der Waals surface area (Å²) in [6.07, 6.45) is 4.22. The lowest BCUT2D eigenvalue weighted by Crippen LogP contribution is -3.00. The largest absolute Gasteiger partial charge is 1.00 e. The molecular formula is C23H26INO3. The van der Waals surface area contributed by atoms with Crippen LogP contribution in [-0.4, -0.2) is 37.0 Å². The molecule has 1 heterocycles. The third-order valence-corrected chi connectivity index (χ3v) is 5.08. The molecule has 0 saturated heterocycles. The van der Waals surface area contributed by atoms with Gasteiger partial charge in [-0.25, -0.2) is 4.79 Å². The predicted molar refractivity (Wildman–Crippen MR) is 108 cm³/mol. The van der Waals surface area contributed by atoms with E-state index in [2.05, 4.69) is 49.8 Å². The Morgan fingerprint density at radius 3 is 2.39 bits per heavy atom. The molecule has 0 N–H and O–H groups in total. The maximum atomic E-state index is 11.6. The minimum atomic E-state index is -0.322. The number of benzene rings is 2. The lowest BCUT2D eigenvalue weighted by Gasteiger charge is -2.16. The fraction of sp³-hybridized carbons (Fsp3) is 0.304. The maximum absolute atomic E-state index is 11.6. The Labute approximate surface area is 183 Å². The Morgan fingerprint density at radius 2 is 1.79 bits per heavy atom. The third kappa shape index (κ3) is 4.14. The van der Waals surface area contributed by atoms with Gasteiger partial charge in [-0.05, 0) is 56.7 Å². The van der Waals surface area contributed by atoms with Crippen molar-refractivity contribution in [3.63, 3.8) is 0 Å². The van der Waals surface area contributed by atoms with Crippen LogP contribution in [0.15, 0.2) is 48.5 Å². The number of methoxy groups -OCH3 is 1. The number of hydrogen-bond donors (Lipinski definition) is 0. The fourth-order valence-corrected chi connectivity index (χ4v) is 3.60. The van der Waals surface area contributed by atoms with Gasteiger partial charge in [0.25, 0.3) is 0 Å². The highest BCUT2D eigenvalue weighted by Gasteiger charge is 2.43. The number of nitrogens with zero attached hydrogens (tertiary/aromatic N) is 1. The Hall–Kier alpha value is -2.15. The number of fused-ring (bicyclic) bond motifs is 1. The van der Waals surface area contributed by atoms with Gasteiger partial charge >= 0.3 is 5.97 Å². The van der Waals surface area contributed by atoms with Crippen molar-refractivity contribution in [1.82, 2.24) is 0 Å². The first-order chi connectivity index (χ1) is 12.9. The predicted octanol–water partition coefficient (Wildman–Crippen LogP) is 1.60. The number of ether oxygens (including phenoxy) is 2. The van der Waals surface area contributed by atoms with Crippen molar-refractivity contribution in [3.8, 4) is 5.75 Å². The molecule has 3 rings (SSSR count). The van der Waals surface area contributed by atoms with E-state index in [4.69, 9.17) is 9.47 Å². The summed E-state index contributed by atoms with van der Waals surface area (Å²) in [6, 6.07) is 13.7. The second-order valence-electron chi connectivity index (χ2n) is 7.13. The van der Waals surface area contributed by atoms with Crippen LogP contribution in [0.1, 0.15) is 42.3 Å². The Balaban J connectivity index is 0.00000280. The number of esters is 1. The van der Waals surface area contributed by atoms with Gasteiger partial charge in [-0.1, -0.05) is 12.1 Å². The third-order valence-electron chi connectivity index (χ3n) is 5.08. The van der Waals surface area contributed by atoms with Gasteiger partial charge in [0.1, 0.15) is 12.8 Å². The van der Waals surface area contributed by atoms with E-state index >= 15 is 0 Å². The molecule has 28 heavy (non-hydrogen) atoms. The van der Waals surface area contributed by atoms with Crippen LogP contribution in [0.5, 0.6) is 5.75 Å². The summed E-state index contributed by atoms with van der Waals surface area (Å²) in [7, 11) is 3.48. The van der Waals surface area contributed by atoms with Crippen LogP contribution in [-0.2, 0) is 10.2 Å². The highest BCUT2D eigenvalue weighted by molar-refractivity contribution is 6.05. The first-order valence-corrected chi connectivity index (χ1v) is 9.13. The monoisotopic (exact) mass is 491 g/mol. The van der Waals surface area contributed by atoms with Crippen molar-refractivity contribution in [2.45, 2.75) is 26.2 Å². The van der Waals surface area contributed by atoms with Gasteiger partial charge in [-0.15, -0.1) is 0 Å². The normalized spacial score (nSPS) is 14.6. The van der Waals surface area contributed by atoms with E-state index in [1.807, 2.05) is 25.1 Å². The molecule has 0 unspecified atom stereocenters. The lowest BCUT2D eigenvalue weighted by molar-refractivity contribution is -0.401. The van der Waals surface area contributed by atoms with Crippen LogP contribution in [0.3, 0.4) is 0 Å². The van der Waals surface area contributed by atoms with E-state index in [9.17, 15) is 4.79 Å². The average molecular weight is 491 g/mol. The first-order valence-electron chi connectivity index (χ1n) is 9.13. The van der Waals surface area contributed by atoms with Gasteiger partial charge < -0.3 is 33.5 Å². The van der Waals surface area contributed by atoms with Crippen LogP contribution in [0, 0.1) is 0 Å². The lowest BCUT2D eigenvalue weighted by atomic mass is 9.81. The van der Waals surface area contributed by atoms with E-state index in [-0.39, 0.29) is 35.4 Å². The van der Waals surface area contributed by atoms with Crippen molar-refractivity contribution in [1.29, 1.82) is 0 Å². The zero-order valence-electron chi connectivity index (χ0n) is 17.0. The van der Waals surface area contributed by atoms with E-state index < -0.39 is 0 Å². The van der Waals surface area contributed by atoms with Gasteiger partial charge in [0.15, 0.2) is 5.71 Å². The maximum Gasteiger partial charge on any atom is 0.337 e. The Kier molecular flexibility index (Phi) is 7.04. The minimum absolute atomic E-state index is 0. The molecule has 4 nitrogen and oxygen atoms in total. The Morgan fingerprint density at radius 1 is 1.11 bits per heavy atom. The topological polar surface area (TPSA) is 38.5 Å². The number of halogens is 1. The molecule has 0 aromatic heterocycles. The molecule has 2 aromatic rings. The van der Waals surface area contributed by atoms with Crippen LogP contribution in [0.4, 0.5) is 5.69 Å². The number of hydrogen-bond acceptors (Lipinski definition) is 3.